The zero-order valence-electron chi connectivity index (χ0n) is 11.9. The molecule has 0 aliphatic carbocycles. The molecule has 0 aromatic heterocycles. The minimum atomic E-state index is -3.47. The summed E-state index contributed by atoms with van der Waals surface area (Å²) in [4.78, 5) is 0.315. The van der Waals surface area contributed by atoms with Crippen LogP contribution in [0.15, 0.2) is 29.2 Å². The van der Waals surface area contributed by atoms with E-state index in [1.54, 1.807) is 18.2 Å². The Kier molecular flexibility index (Phi) is 5.15. The van der Waals surface area contributed by atoms with Crippen LogP contribution in [0.4, 0.5) is 0 Å². The van der Waals surface area contributed by atoms with E-state index in [-0.39, 0.29) is 12.1 Å². The lowest BCUT2D eigenvalue weighted by Crippen LogP contribution is -2.35. The molecule has 1 aliphatic heterocycles. The van der Waals surface area contributed by atoms with E-state index in [2.05, 4.69) is 17.0 Å². The fraction of sp³-hybridized carbons (Fsp3) is 0.571. The molecule has 0 amide bonds. The second-order valence-corrected chi connectivity index (χ2v) is 6.72. The van der Waals surface area contributed by atoms with E-state index >= 15 is 0 Å². The number of benzene rings is 1. The summed E-state index contributed by atoms with van der Waals surface area (Å²) in [5.41, 5.74) is 0.987. The number of ether oxygens (including phenoxy) is 1. The lowest BCUT2D eigenvalue weighted by atomic mass is 10.1. The summed E-state index contributed by atoms with van der Waals surface area (Å²) in [6, 6.07) is 7.15. The third-order valence-electron chi connectivity index (χ3n) is 3.58. The van der Waals surface area contributed by atoms with Crippen LogP contribution >= 0.6 is 0 Å². The average molecular weight is 298 g/mol. The highest BCUT2D eigenvalue weighted by molar-refractivity contribution is 7.89. The van der Waals surface area contributed by atoms with Gasteiger partial charge in [-0.2, -0.15) is 0 Å². The van der Waals surface area contributed by atoms with Crippen LogP contribution in [0.5, 0.6) is 0 Å². The van der Waals surface area contributed by atoms with Crippen molar-refractivity contribution < 1.29 is 13.2 Å². The predicted molar refractivity (Wildman–Crippen MR) is 78.1 cm³/mol. The van der Waals surface area contributed by atoms with Gasteiger partial charge in [0.1, 0.15) is 0 Å². The van der Waals surface area contributed by atoms with E-state index < -0.39 is 10.0 Å². The van der Waals surface area contributed by atoms with Gasteiger partial charge in [0.15, 0.2) is 0 Å². The third kappa shape index (κ3) is 3.58. The van der Waals surface area contributed by atoms with Gasteiger partial charge in [-0.1, -0.05) is 19.1 Å². The molecule has 112 valence electrons. The van der Waals surface area contributed by atoms with Gasteiger partial charge in [0, 0.05) is 18.7 Å². The van der Waals surface area contributed by atoms with Crippen molar-refractivity contribution in [3.8, 4) is 0 Å². The molecular weight excluding hydrogens is 276 g/mol. The van der Waals surface area contributed by atoms with E-state index in [1.807, 2.05) is 13.1 Å². The second kappa shape index (κ2) is 6.67. The maximum absolute atomic E-state index is 12.4. The molecule has 0 saturated carbocycles. The summed E-state index contributed by atoms with van der Waals surface area (Å²) >= 11 is 0. The zero-order valence-corrected chi connectivity index (χ0v) is 12.7. The van der Waals surface area contributed by atoms with Crippen molar-refractivity contribution >= 4 is 10.0 Å². The molecule has 1 heterocycles. The van der Waals surface area contributed by atoms with Crippen LogP contribution in [-0.4, -0.2) is 34.7 Å². The van der Waals surface area contributed by atoms with E-state index in [4.69, 9.17) is 4.74 Å². The molecule has 0 bridgehead atoms. The maximum atomic E-state index is 12.4. The van der Waals surface area contributed by atoms with Crippen molar-refractivity contribution in [1.82, 2.24) is 10.0 Å². The van der Waals surface area contributed by atoms with Crippen LogP contribution in [0.1, 0.15) is 31.4 Å². The number of hydrogen-bond acceptors (Lipinski definition) is 4. The summed E-state index contributed by atoms with van der Waals surface area (Å²) in [7, 11) is -1.60. The summed E-state index contributed by atoms with van der Waals surface area (Å²) in [5, 5.41) is 3.18. The zero-order chi connectivity index (χ0) is 14.6. The Morgan fingerprint density at radius 1 is 1.45 bits per heavy atom. The van der Waals surface area contributed by atoms with Crippen molar-refractivity contribution in [2.45, 2.75) is 36.7 Å². The molecule has 2 rings (SSSR count). The minimum absolute atomic E-state index is 0.116. The van der Waals surface area contributed by atoms with Gasteiger partial charge in [-0.3, -0.25) is 0 Å². The molecule has 1 aliphatic rings. The van der Waals surface area contributed by atoms with E-state index in [0.29, 0.717) is 18.1 Å². The molecule has 1 aromatic carbocycles. The summed E-state index contributed by atoms with van der Waals surface area (Å²) in [6.07, 6.45) is 1.64. The van der Waals surface area contributed by atoms with Crippen LogP contribution in [-0.2, 0) is 14.8 Å². The average Bonchev–Trinajstić information content (AvgIpc) is 2.93. The van der Waals surface area contributed by atoms with E-state index in [0.717, 1.165) is 18.4 Å². The number of hydrogen-bond donors (Lipinski definition) is 2. The Morgan fingerprint density at radius 2 is 2.25 bits per heavy atom. The van der Waals surface area contributed by atoms with E-state index in [9.17, 15) is 8.42 Å². The maximum Gasteiger partial charge on any atom is 0.240 e. The van der Waals surface area contributed by atoms with Crippen LogP contribution < -0.4 is 10.0 Å². The Morgan fingerprint density at radius 3 is 2.85 bits per heavy atom. The second-order valence-electron chi connectivity index (χ2n) is 5.00. The Hall–Kier alpha value is -0.950. The highest BCUT2D eigenvalue weighted by Crippen LogP contribution is 2.20. The highest BCUT2D eigenvalue weighted by atomic mass is 32.2. The minimum Gasteiger partial charge on any atom is -0.380 e. The normalized spacial score (nSPS) is 21.0. The first-order valence-electron chi connectivity index (χ1n) is 6.94. The third-order valence-corrected chi connectivity index (χ3v) is 5.10. The fourth-order valence-electron chi connectivity index (χ4n) is 2.42. The van der Waals surface area contributed by atoms with Crippen LogP contribution in [0.2, 0.25) is 0 Å². The lowest BCUT2D eigenvalue weighted by molar-refractivity contribution is 0.192. The van der Waals surface area contributed by atoms with Crippen molar-refractivity contribution in [1.29, 1.82) is 0 Å². The van der Waals surface area contributed by atoms with Gasteiger partial charge in [-0.05, 0) is 37.6 Å². The fourth-order valence-corrected chi connectivity index (χ4v) is 3.73. The molecule has 0 radical (unpaired) electrons. The number of nitrogens with one attached hydrogen (secondary N) is 2. The molecule has 1 saturated heterocycles. The smallest absolute Gasteiger partial charge is 0.240 e. The predicted octanol–water partition coefficient (Wildman–Crippen LogP) is 1.42. The Labute approximate surface area is 120 Å². The quantitative estimate of drug-likeness (QED) is 0.833. The van der Waals surface area contributed by atoms with Crippen LogP contribution in [0.3, 0.4) is 0 Å². The first kappa shape index (κ1) is 15.4. The highest BCUT2D eigenvalue weighted by Gasteiger charge is 2.23. The lowest BCUT2D eigenvalue weighted by Gasteiger charge is -2.16. The largest absolute Gasteiger partial charge is 0.380 e. The monoisotopic (exact) mass is 298 g/mol. The first-order chi connectivity index (χ1) is 9.56. The number of rotatable bonds is 6. The summed E-state index contributed by atoms with van der Waals surface area (Å²) in [6.45, 7) is 3.13. The SMILES string of the molecule is CCC(NC)c1cccc(S(=O)(=O)NC2CCOC2)c1. The topological polar surface area (TPSA) is 67.4 Å². The van der Waals surface area contributed by atoms with E-state index in [1.165, 1.54) is 0 Å². The van der Waals surface area contributed by atoms with Crippen molar-refractivity contribution in [3.63, 3.8) is 0 Å². The molecule has 1 aromatic rings. The molecular formula is C14H22N2O3S. The van der Waals surface area contributed by atoms with Crippen LogP contribution in [0, 0.1) is 0 Å². The molecule has 2 unspecified atom stereocenters. The number of sulfonamides is 1. The molecule has 1 fully saturated rings. The molecule has 5 nitrogen and oxygen atoms in total. The summed E-state index contributed by atoms with van der Waals surface area (Å²) in [5.74, 6) is 0. The van der Waals surface area contributed by atoms with Crippen molar-refractivity contribution in [2.75, 3.05) is 20.3 Å². The standard InChI is InChI=1S/C14H22N2O3S/c1-3-14(15-2)11-5-4-6-13(9-11)20(17,18)16-12-7-8-19-10-12/h4-6,9,12,14-16H,3,7-8,10H2,1-2H3. The first-order valence-corrected chi connectivity index (χ1v) is 8.42. The van der Waals surface area contributed by atoms with Gasteiger partial charge in [-0.25, -0.2) is 13.1 Å². The van der Waals surface area contributed by atoms with Gasteiger partial charge in [0.05, 0.1) is 11.5 Å². The molecule has 2 atom stereocenters. The van der Waals surface area contributed by atoms with Gasteiger partial charge in [0.2, 0.25) is 10.0 Å². The molecule has 2 N–H and O–H groups in total. The van der Waals surface area contributed by atoms with Gasteiger partial charge in [-0.15, -0.1) is 0 Å². The van der Waals surface area contributed by atoms with Crippen molar-refractivity contribution in [2.24, 2.45) is 0 Å². The summed E-state index contributed by atoms with van der Waals surface area (Å²) < 4.78 is 32.6. The van der Waals surface area contributed by atoms with Gasteiger partial charge >= 0.3 is 0 Å². The molecule has 0 spiro atoms. The molecule has 20 heavy (non-hydrogen) atoms. The molecule has 6 heteroatoms. The van der Waals surface area contributed by atoms with Crippen molar-refractivity contribution in [3.05, 3.63) is 29.8 Å². The Balaban J connectivity index is 2.20. The van der Waals surface area contributed by atoms with Gasteiger partial charge < -0.3 is 10.1 Å². The Bertz CT molecular complexity index is 535. The van der Waals surface area contributed by atoms with Crippen LogP contribution in [0.25, 0.3) is 0 Å². The van der Waals surface area contributed by atoms with Gasteiger partial charge in [0.25, 0.3) is 0 Å².